The quantitative estimate of drug-likeness (QED) is 0.752. The zero-order valence-corrected chi connectivity index (χ0v) is 10.2. The summed E-state index contributed by atoms with van der Waals surface area (Å²) in [6, 6.07) is 8.00. The average Bonchev–Trinajstić information content (AvgIpc) is 2.69. The Hall–Kier alpha value is -1.55. The number of aliphatic hydroxyl groups is 1. The fourth-order valence-corrected chi connectivity index (χ4v) is 1.91. The van der Waals surface area contributed by atoms with Crippen LogP contribution in [0.5, 0.6) is 0 Å². The molecular formula is C13H19N3O. The highest BCUT2D eigenvalue weighted by atomic mass is 16.3. The molecule has 0 bridgehead atoms. The van der Waals surface area contributed by atoms with Gasteiger partial charge in [0.2, 0.25) is 5.95 Å². The molecular weight excluding hydrogens is 214 g/mol. The number of imidazole rings is 1. The van der Waals surface area contributed by atoms with Crippen molar-refractivity contribution in [1.82, 2.24) is 9.55 Å². The molecule has 4 heteroatoms. The number of fused-ring (bicyclic) bond motifs is 1. The lowest BCUT2D eigenvalue weighted by Gasteiger charge is -2.08. The van der Waals surface area contributed by atoms with E-state index < -0.39 is 0 Å². The highest BCUT2D eigenvalue weighted by Gasteiger charge is 2.08. The Morgan fingerprint density at radius 3 is 2.94 bits per heavy atom. The minimum atomic E-state index is 0.128. The molecule has 0 spiro atoms. The van der Waals surface area contributed by atoms with Crippen LogP contribution in [-0.4, -0.2) is 27.8 Å². The second kappa shape index (κ2) is 5.68. The molecule has 2 N–H and O–H groups in total. The van der Waals surface area contributed by atoms with Crippen LogP contribution in [0, 0.1) is 0 Å². The summed E-state index contributed by atoms with van der Waals surface area (Å²) in [5.41, 5.74) is 2.04. The van der Waals surface area contributed by atoms with Crippen LogP contribution in [0.4, 0.5) is 5.95 Å². The van der Waals surface area contributed by atoms with E-state index in [9.17, 15) is 0 Å². The Kier molecular flexibility index (Phi) is 3.98. The molecule has 0 fully saturated rings. The number of aromatic nitrogens is 2. The maximum Gasteiger partial charge on any atom is 0.203 e. The van der Waals surface area contributed by atoms with Crippen molar-refractivity contribution >= 4 is 17.0 Å². The summed E-state index contributed by atoms with van der Waals surface area (Å²) in [5.74, 6) is 0.855. The molecule has 1 aromatic carbocycles. The molecule has 2 aromatic rings. The minimum Gasteiger partial charge on any atom is -0.395 e. The largest absolute Gasteiger partial charge is 0.395 e. The lowest BCUT2D eigenvalue weighted by molar-refractivity contribution is 0.278. The smallest absolute Gasteiger partial charge is 0.203 e. The Bertz CT molecular complexity index is 478. The van der Waals surface area contributed by atoms with E-state index in [0.717, 1.165) is 36.4 Å². The van der Waals surface area contributed by atoms with Gasteiger partial charge < -0.3 is 15.0 Å². The summed E-state index contributed by atoms with van der Waals surface area (Å²) in [6.07, 6.45) is 2.29. The van der Waals surface area contributed by atoms with Gasteiger partial charge >= 0.3 is 0 Å². The monoisotopic (exact) mass is 233 g/mol. The molecule has 0 unspecified atom stereocenters. The molecule has 0 saturated heterocycles. The van der Waals surface area contributed by atoms with Gasteiger partial charge in [-0.2, -0.15) is 0 Å². The van der Waals surface area contributed by atoms with Gasteiger partial charge in [-0.25, -0.2) is 4.98 Å². The third-order valence-corrected chi connectivity index (χ3v) is 2.79. The van der Waals surface area contributed by atoms with Gasteiger partial charge in [0.05, 0.1) is 17.6 Å². The van der Waals surface area contributed by atoms with Gasteiger partial charge in [0.15, 0.2) is 0 Å². The standard InChI is InChI=1S/C13H19N3O/c1-2-3-8-14-13-15-11-6-4-5-7-12(11)16(13)9-10-17/h4-7,17H,2-3,8-10H2,1H3,(H,14,15). The first kappa shape index (κ1) is 11.9. The van der Waals surface area contributed by atoms with Crippen molar-refractivity contribution in [2.75, 3.05) is 18.5 Å². The number of rotatable bonds is 6. The van der Waals surface area contributed by atoms with Crippen molar-refractivity contribution < 1.29 is 5.11 Å². The van der Waals surface area contributed by atoms with Crippen molar-refractivity contribution in [3.05, 3.63) is 24.3 Å². The van der Waals surface area contributed by atoms with Gasteiger partial charge in [-0.1, -0.05) is 25.5 Å². The number of aliphatic hydroxyl groups excluding tert-OH is 1. The van der Waals surface area contributed by atoms with Crippen LogP contribution in [0.15, 0.2) is 24.3 Å². The molecule has 17 heavy (non-hydrogen) atoms. The molecule has 0 aliphatic carbocycles. The number of anilines is 1. The van der Waals surface area contributed by atoms with Crippen LogP contribution in [-0.2, 0) is 6.54 Å². The molecule has 4 nitrogen and oxygen atoms in total. The third kappa shape index (κ3) is 2.58. The summed E-state index contributed by atoms with van der Waals surface area (Å²) in [6.45, 7) is 3.79. The van der Waals surface area contributed by atoms with Crippen LogP contribution < -0.4 is 5.32 Å². The molecule has 92 valence electrons. The Morgan fingerprint density at radius 2 is 2.18 bits per heavy atom. The van der Waals surface area contributed by atoms with E-state index in [4.69, 9.17) is 5.11 Å². The van der Waals surface area contributed by atoms with E-state index in [1.54, 1.807) is 0 Å². The molecule has 0 atom stereocenters. The number of hydrogen-bond donors (Lipinski definition) is 2. The zero-order valence-electron chi connectivity index (χ0n) is 10.2. The van der Waals surface area contributed by atoms with Crippen molar-refractivity contribution in [2.45, 2.75) is 26.3 Å². The maximum absolute atomic E-state index is 9.12. The molecule has 0 amide bonds. The van der Waals surface area contributed by atoms with E-state index in [1.807, 2.05) is 28.8 Å². The van der Waals surface area contributed by atoms with Crippen LogP contribution in [0.25, 0.3) is 11.0 Å². The number of unbranched alkanes of at least 4 members (excludes halogenated alkanes) is 1. The van der Waals surface area contributed by atoms with Gasteiger partial charge in [-0.3, -0.25) is 0 Å². The lowest BCUT2D eigenvalue weighted by atomic mass is 10.3. The fourth-order valence-electron chi connectivity index (χ4n) is 1.91. The third-order valence-electron chi connectivity index (χ3n) is 2.79. The molecule has 0 saturated carbocycles. The normalized spacial score (nSPS) is 10.9. The molecule has 1 aromatic heterocycles. The SMILES string of the molecule is CCCCNc1nc2ccccc2n1CCO. The highest BCUT2D eigenvalue weighted by molar-refractivity contribution is 5.78. The first-order valence-electron chi connectivity index (χ1n) is 6.16. The molecule has 0 aliphatic rings. The first-order valence-corrected chi connectivity index (χ1v) is 6.16. The minimum absolute atomic E-state index is 0.128. The predicted octanol–water partition coefficient (Wildman–Crippen LogP) is 2.24. The summed E-state index contributed by atoms with van der Waals surface area (Å²) in [7, 11) is 0. The van der Waals surface area contributed by atoms with Gasteiger partial charge in [0.25, 0.3) is 0 Å². The highest BCUT2D eigenvalue weighted by Crippen LogP contribution is 2.19. The molecule has 0 radical (unpaired) electrons. The zero-order chi connectivity index (χ0) is 12.1. The molecule has 0 aliphatic heterocycles. The van der Waals surface area contributed by atoms with E-state index in [-0.39, 0.29) is 6.61 Å². The van der Waals surface area contributed by atoms with E-state index in [1.165, 1.54) is 0 Å². The van der Waals surface area contributed by atoms with E-state index >= 15 is 0 Å². The van der Waals surface area contributed by atoms with Crippen molar-refractivity contribution in [1.29, 1.82) is 0 Å². The van der Waals surface area contributed by atoms with E-state index in [2.05, 4.69) is 17.2 Å². The number of para-hydroxylation sites is 2. The van der Waals surface area contributed by atoms with Gasteiger partial charge in [0.1, 0.15) is 0 Å². The summed E-state index contributed by atoms with van der Waals surface area (Å²) < 4.78 is 2.03. The number of nitrogens with zero attached hydrogens (tertiary/aromatic N) is 2. The Labute approximate surface area is 101 Å². The second-order valence-corrected chi connectivity index (χ2v) is 4.08. The summed E-state index contributed by atoms with van der Waals surface area (Å²) in [5, 5.41) is 12.4. The van der Waals surface area contributed by atoms with Crippen molar-refractivity contribution in [2.24, 2.45) is 0 Å². The van der Waals surface area contributed by atoms with Crippen LogP contribution in [0.2, 0.25) is 0 Å². The molecule has 2 rings (SSSR count). The fraction of sp³-hybridized carbons (Fsp3) is 0.462. The number of benzene rings is 1. The maximum atomic E-state index is 9.12. The van der Waals surface area contributed by atoms with Gasteiger partial charge in [-0.05, 0) is 18.6 Å². The lowest BCUT2D eigenvalue weighted by Crippen LogP contribution is -2.10. The summed E-state index contributed by atoms with van der Waals surface area (Å²) >= 11 is 0. The van der Waals surface area contributed by atoms with Gasteiger partial charge in [0, 0.05) is 13.1 Å². The average molecular weight is 233 g/mol. The topological polar surface area (TPSA) is 50.1 Å². The van der Waals surface area contributed by atoms with E-state index in [0.29, 0.717) is 6.54 Å². The predicted molar refractivity (Wildman–Crippen MR) is 70.2 cm³/mol. The van der Waals surface area contributed by atoms with Crippen LogP contribution in [0.1, 0.15) is 19.8 Å². The number of hydrogen-bond acceptors (Lipinski definition) is 3. The number of nitrogens with one attached hydrogen (secondary N) is 1. The van der Waals surface area contributed by atoms with Crippen molar-refractivity contribution in [3.63, 3.8) is 0 Å². The Morgan fingerprint density at radius 1 is 1.35 bits per heavy atom. The second-order valence-electron chi connectivity index (χ2n) is 4.08. The first-order chi connectivity index (χ1) is 8.36. The van der Waals surface area contributed by atoms with Crippen LogP contribution >= 0.6 is 0 Å². The van der Waals surface area contributed by atoms with Gasteiger partial charge in [-0.15, -0.1) is 0 Å². The molecule has 1 heterocycles. The van der Waals surface area contributed by atoms with Crippen LogP contribution in [0.3, 0.4) is 0 Å². The Balaban J connectivity index is 2.29. The van der Waals surface area contributed by atoms with Crippen molar-refractivity contribution in [3.8, 4) is 0 Å². The summed E-state index contributed by atoms with van der Waals surface area (Å²) in [4.78, 5) is 4.54.